The lowest BCUT2D eigenvalue weighted by atomic mass is 10.2. The average molecular weight is 309 g/mol. The molecular weight excluding hydrogens is 297 g/mol. The third-order valence-electron chi connectivity index (χ3n) is 1.85. The van der Waals surface area contributed by atoms with Crippen LogP contribution in [0.2, 0.25) is 0 Å². The molecule has 0 aliphatic rings. The maximum atomic E-state index is 10.9. The number of benzene rings is 1. The van der Waals surface area contributed by atoms with Crippen molar-refractivity contribution in [1.29, 1.82) is 0 Å². The van der Waals surface area contributed by atoms with Crippen molar-refractivity contribution in [3.8, 4) is 5.75 Å². The minimum atomic E-state index is -3.44. The van der Waals surface area contributed by atoms with E-state index in [-0.39, 0.29) is 11.4 Å². The fourth-order valence-corrected chi connectivity index (χ4v) is 2.64. The van der Waals surface area contributed by atoms with Crippen LogP contribution in [0.3, 0.4) is 0 Å². The monoisotopic (exact) mass is 309 g/mol. The molecular formula is C9H12NO7PS. The Morgan fingerprint density at radius 1 is 1.26 bits per heavy atom. The van der Waals surface area contributed by atoms with Crippen molar-refractivity contribution < 1.29 is 28.6 Å². The van der Waals surface area contributed by atoms with Crippen molar-refractivity contribution in [1.82, 2.24) is 0 Å². The minimum Gasteiger partial charge on any atom is -0.414 e. The molecule has 0 N–H and O–H groups in total. The van der Waals surface area contributed by atoms with Crippen molar-refractivity contribution in [3.63, 3.8) is 0 Å². The number of rotatable bonds is 7. The van der Waals surface area contributed by atoms with Crippen LogP contribution in [-0.2, 0) is 30.9 Å². The Bertz CT molecular complexity index is 499. The lowest BCUT2D eigenvalue weighted by Gasteiger charge is -2.17. The molecule has 0 radical (unpaired) electrons. The van der Waals surface area contributed by atoms with Crippen LogP contribution in [0.1, 0.15) is 5.56 Å². The van der Waals surface area contributed by atoms with Crippen LogP contribution in [0, 0.1) is 17.0 Å². The first-order valence-electron chi connectivity index (χ1n) is 4.91. The number of hydrogen-bond acceptors (Lipinski definition) is 8. The van der Waals surface area contributed by atoms with Crippen LogP contribution in [-0.4, -0.2) is 19.1 Å². The second-order valence-corrected chi connectivity index (χ2v) is 5.97. The van der Waals surface area contributed by atoms with E-state index in [9.17, 15) is 10.1 Å². The summed E-state index contributed by atoms with van der Waals surface area (Å²) in [5.41, 5.74) is 0.483. The zero-order valence-corrected chi connectivity index (χ0v) is 12.1. The average Bonchev–Trinajstić information content (AvgIpc) is 2.28. The van der Waals surface area contributed by atoms with E-state index in [0.717, 1.165) is 5.56 Å². The molecule has 0 aliphatic carbocycles. The first-order chi connectivity index (χ1) is 8.91. The van der Waals surface area contributed by atoms with Gasteiger partial charge in [0.2, 0.25) is 5.75 Å². The predicted molar refractivity (Wildman–Crippen MR) is 68.9 cm³/mol. The number of nitro groups is 1. The summed E-state index contributed by atoms with van der Waals surface area (Å²) in [6, 6.07) is 4.31. The molecule has 0 atom stereocenters. The van der Waals surface area contributed by atoms with Crippen LogP contribution in [0.25, 0.3) is 0 Å². The smallest absolute Gasteiger partial charge is 0.414 e. The van der Waals surface area contributed by atoms with Crippen molar-refractivity contribution >= 4 is 24.2 Å². The summed E-state index contributed by atoms with van der Waals surface area (Å²) in [5, 5.41) is 10.9. The van der Waals surface area contributed by atoms with Crippen molar-refractivity contribution in [3.05, 3.63) is 33.9 Å². The summed E-state index contributed by atoms with van der Waals surface area (Å²) in [7, 11) is 2.40. The van der Waals surface area contributed by atoms with Gasteiger partial charge in [-0.2, -0.15) is 0 Å². The van der Waals surface area contributed by atoms with E-state index in [0.29, 0.717) is 0 Å². The van der Waals surface area contributed by atoms with E-state index in [2.05, 4.69) is 19.1 Å². The van der Waals surface area contributed by atoms with Crippen molar-refractivity contribution in [2.75, 3.05) is 14.2 Å². The Morgan fingerprint density at radius 3 is 2.32 bits per heavy atom. The van der Waals surface area contributed by atoms with E-state index >= 15 is 0 Å². The lowest BCUT2D eigenvalue weighted by Crippen LogP contribution is -2.03. The lowest BCUT2D eigenvalue weighted by molar-refractivity contribution is -0.385. The van der Waals surface area contributed by atoms with Crippen LogP contribution >= 0.6 is 6.72 Å². The molecule has 0 spiro atoms. The second kappa shape index (κ2) is 6.90. The molecule has 0 bridgehead atoms. The van der Waals surface area contributed by atoms with Gasteiger partial charge >= 0.3 is 12.4 Å². The van der Waals surface area contributed by atoms with Crippen molar-refractivity contribution in [2.45, 2.75) is 6.92 Å². The third-order valence-corrected chi connectivity index (χ3v) is 3.53. The third kappa shape index (κ3) is 4.50. The molecule has 19 heavy (non-hydrogen) atoms. The maximum absolute atomic E-state index is 10.9. The Labute approximate surface area is 114 Å². The summed E-state index contributed by atoms with van der Waals surface area (Å²) in [6.45, 7) is -1.70. The number of aryl methyl sites for hydroxylation is 1. The normalized spacial score (nSPS) is 11.3. The van der Waals surface area contributed by atoms with E-state index in [1.807, 2.05) is 0 Å². The van der Waals surface area contributed by atoms with Gasteiger partial charge < -0.3 is 4.52 Å². The highest BCUT2D eigenvalue weighted by molar-refractivity contribution is 8.07. The highest BCUT2D eigenvalue weighted by atomic mass is 32.5. The Hall–Kier alpha value is -1.09. The topological polar surface area (TPSA) is 89.3 Å². The molecule has 0 saturated carbocycles. The van der Waals surface area contributed by atoms with Gasteiger partial charge in [-0.1, -0.05) is 6.07 Å². The highest BCUT2D eigenvalue weighted by Gasteiger charge is 2.29. The van der Waals surface area contributed by atoms with Crippen LogP contribution in [0.4, 0.5) is 5.69 Å². The summed E-state index contributed by atoms with van der Waals surface area (Å²) in [5.74, 6) is -0.0811. The summed E-state index contributed by atoms with van der Waals surface area (Å²) in [6.07, 6.45) is 0. The summed E-state index contributed by atoms with van der Waals surface area (Å²) >= 11 is 4.94. The largest absolute Gasteiger partial charge is 0.436 e. The molecule has 8 nitrogen and oxygen atoms in total. The van der Waals surface area contributed by atoms with E-state index in [4.69, 9.17) is 16.3 Å². The van der Waals surface area contributed by atoms with Gasteiger partial charge in [0.25, 0.3) is 0 Å². The van der Waals surface area contributed by atoms with Crippen LogP contribution in [0.15, 0.2) is 18.2 Å². The second-order valence-electron chi connectivity index (χ2n) is 3.25. The molecule has 0 fully saturated rings. The molecule has 0 heterocycles. The molecule has 0 unspecified atom stereocenters. The molecule has 1 aromatic carbocycles. The molecule has 1 rings (SSSR count). The van der Waals surface area contributed by atoms with Gasteiger partial charge in [0.1, 0.15) is 0 Å². The minimum absolute atomic E-state index is 0.0811. The van der Waals surface area contributed by atoms with Gasteiger partial charge in [-0.3, -0.25) is 10.1 Å². The van der Waals surface area contributed by atoms with Gasteiger partial charge in [0, 0.05) is 17.9 Å². The Morgan fingerprint density at radius 2 is 1.84 bits per heavy atom. The van der Waals surface area contributed by atoms with E-state index in [1.54, 1.807) is 13.0 Å². The Balaban J connectivity index is 3.11. The SMILES string of the molecule is COOP(=S)(OOC)Oc1cc(C)ccc1[N+](=O)[O-]. The molecule has 0 saturated heterocycles. The first-order valence-corrected chi connectivity index (χ1v) is 7.47. The van der Waals surface area contributed by atoms with Gasteiger partial charge in [-0.25, -0.2) is 9.78 Å². The van der Waals surface area contributed by atoms with Gasteiger partial charge in [0.15, 0.2) is 0 Å². The molecule has 10 heteroatoms. The van der Waals surface area contributed by atoms with Gasteiger partial charge in [0.05, 0.1) is 19.1 Å². The van der Waals surface area contributed by atoms with Gasteiger partial charge in [-0.05, 0) is 18.6 Å². The number of hydrogen-bond donors (Lipinski definition) is 0. The fraction of sp³-hybridized carbons (Fsp3) is 0.333. The van der Waals surface area contributed by atoms with Crippen molar-refractivity contribution in [2.24, 2.45) is 0 Å². The first kappa shape index (κ1) is 16.0. The quantitative estimate of drug-likeness (QED) is 0.329. The standard InChI is InChI=1S/C9H12NO7PS/c1-7-4-5-8(10(11)12)9(6-7)15-18(19,16-13-2)17-14-3/h4-6H,1-3H3. The zero-order valence-electron chi connectivity index (χ0n) is 10.4. The van der Waals surface area contributed by atoms with E-state index < -0.39 is 11.6 Å². The number of nitro benzene ring substituents is 1. The molecule has 0 aromatic heterocycles. The summed E-state index contributed by atoms with van der Waals surface area (Å²) in [4.78, 5) is 19.1. The van der Waals surface area contributed by atoms with Crippen LogP contribution in [0.5, 0.6) is 5.75 Å². The predicted octanol–water partition coefficient (Wildman–Crippen LogP) is 2.66. The fourth-order valence-electron chi connectivity index (χ4n) is 1.19. The molecule has 1 aromatic rings. The maximum Gasteiger partial charge on any atom is 0.436 e. The number of nitrogens with zero attached hydrogens (tertiary/aromatic N) is 1. The summed E-state index contributed by atoms with van der Waals surface area (Å²) < 4.78 is 14.6. The Kier molecular flexibility index (Phi) is 5.80. The van der Waals surface area contributed by atoms with Gasteiger partial charge in [-0.15, -0.1) is 9.35 Å². The molecule has 106 valence electrons. The zero-order chi connectivity index (χ0) is 14.5. The molecule has 0 amide bonds. The van der Waals surface area contributed by atoms with Crippen LogP contribution < -0.4 is 4.52 Å². The molecule has 0 aliphatic heterocycles. The highest BCUT2D eigenvalue weighted by Crippen LogP contribution is 2.51. The van der Waals surface area contributed by atoms with E-state index in [1.165, 1.54) is 26.4 Å².